The van der Waals surface area contributed by atoms with E-state index in [-0.39, 0.29) is 0 Å². The molecule has 2 nitrogen and oxygen atoms in total. The summed E-state index contributed by atoms with van der Waals surface area (Å²) in [6.07, 6.45) is 0. The van der Waals surface area contributed by atoms with Gasteiger partial charge >= 0.3 is 0 Å². The molecule has 0 aliphatic rings. The summed E-state index contributed by atoms with van der Waals surface area (Å²) < 4.78 is 6.35. The smallest absolute Gasteiger partial charge is 0.124 e. The van der Waals surface area contributed by atoms with Gasteiger partial charge in [-0.15, -0.1) is 22.7 Å². The number of rotatable bonds is 2. The minimum atomic E-state index is 1.06. The van der Waals surface area contributed by atoms with Gasteiger partial charge in [-0.2, -0.15) is 0 Å². The minimum Gasteiger partial charge on any atom is -0.309 e. The topological polar surface area (TPSA) is 17.8 Å². The Bertz CT molecular complexity index is 2630. The van der Waals surface area contributed by atoms with Crippen LogP contribution >= 0.6 is 22.7 Å². The van der Waals surface area contributed by atoms with E-state index >= 15 is 0 Å². The van der Waals surface area contributed by atoms with Crippen LogP contribution in [-0.4, -0.2) is 9.55 Å². The summed E-state index contributed by atoms with van der Waals surface area (Å²) in [5, 5.41) is 11.3. The minimum absolute atomic E-state index is 1.06. The average molecular weight is 583 g/mol. The third kappa shape index (κ3) is 3.42. The zero-order valence-electron chi connectivity index (χ0n) is 22.9. The van der Waals surface area contributed by atoms with Gasteiger partial charge in [-0.25, -0.2) is 4.98 Å². The van der Waals surface area contributed by atoms with Crippen LogP contribution in [0.25, 0.3) is 90.0 Å². The molecule has 0 aliphatic heterocycles. The van der Waals surface area contributed by atoms with E-state index in [1.54, 1.807) is 11.3 Å². The molecule has 0 N–H and O–H groups in total. The Balaban J connectivity index is 1.17. The Hall–Kier alpha value is -5.03. The van der Waals surface area contributed by atoms with Crippen LogP contribution in [0.1, 0.15) is 0 Å². The number of aromatic nitrogens is 2. The van der Waals surface area contributed by atoms with Gasteiger partial charge in [0, 0.05) is 42.2 Å². The van der Waals surface area contributed by atoms with E-state index in [4.69, 9.17) is 4.98 Å². The van der Waals surface area contributed by atoms with Crippen LogP contribution in [0.5, 0.6) is 0 Å². The van der Waals surface area contributed by atoms with Crippen molar-refractivity contribution >= 4 is 96.4 Å². The van der Waals surface area contributed by atoms with Gasteiger partial charge in [0.05, 0.1) is 21.3 Å². The Labute approximate surface area is 254 Å². The standard InChI is InChI=1S/C39H22N2S2/c1-3-9-26-21-33-30(19-24(26)7-1)31-20-25-8-2-4-10-27(25)22-34(31)41(33)28-15-13-23(14-16-28)39-40-32-17-18-36-37(38(32)43-39)29-11-5-6-12-35(29)42-36/h1-22H. The predicted octanol–water partition coefficient (Wildman–Crippen LogP) is 11.7. The molecule has 0 saturated heterocycles. The highest BCUT2D eigenvalue weighted by molar-refractivity contribution is 7.28. The lowest BCUT2D eigenvalue weighted by atomic mass is 10.0. The molecule has 0 atom stereocenters. The van der Waals surface area contributed by atoms with E-state index in [9.17, 15) is 0 Å². The molecule has 0 unspecified atom stereocenters. The van der Waals surface area contributed by atoms with Gasteiger partial charge in [0.1, 0.15) is 5.01 Å². The second kappa shape index (κ2) is 8.74. The van der Waals surface area contributed by atoms with Crippen LogP contribution in [-0.2, 0) is 0 Å². The average Bonchev–Trinajstić information content (AvgIpc) is 3.74. The fourth-order valence-corrected chi connectivity index (χ4v) is 9.05. The summed E-state index contributed by atoms with van der Waals surface area (Å²) in [5.74, 6) is 0. The van der Waals surface area contributed by atoms with Crippen molar-refractivity contribution in [2.45, 2.75) is 0 Å². The number of thiophene rings is 1. The lowest BCUT2D eigenvalue weighted by Crippen LogP contribution is -1.94. The molecule has 0 radical (unpaired) electrons. The van der Waals surface area contributed by atoms with Gasteiger partial charge in [0.2, 0.25) is 0 Å². The summed E-state index contributed by atoms with van der Waals surface area (Å²) in [6, 6.07) is 48.8. The van der Waals surface area contributed by atoms with Gasteiger partial charge in [-0.3, -0.25) is 0 Å². The molecule has 3 heterocycles. The van der Waals surface area contributed by atoms with Crippen LogP contribution in [0.15, 0.2) is 133 Å². The molecule has 0 saturated carbocycles. The zero-order valence-corrected chi connectivity index (χ0v) is 24.5. The molecule has 10 aromatic rings. The summed E-state index contributed by atoms with van der Waals surface area (Å²) in [4.78, 5) is 5.10. The van der Waals surface area contributed by atoms with E-state index in [2.05, 4.69) is 138 Å². The number of nitrogens with zero attached hydrogens (tertiary/aromatic N) is 2. The predicted molar refractivity (Wildman–Crippen MR) is 187 cm³/mol. The first-order valence-corrected chi connectivity index (χ1v) is 16.1. The van der Waals surface area contributed by atoms with Crippen LogP contribution in [0.4, 0.5) is 0 Å². The third-order valence-corrected chi connectivity index (χ3v) is 11.0. The highest BCUT2D eigenvalue weighted by atomic mass is 32.1. The van der Waals surface area contributed by atoms with Crippen LogP contribution in [0.2, 0.25) is 0 Å². The summed E-state index contributed by atoms with van der Waals surface area (Å²) in [7, 11) is 0. The number of fused-ring (bicyclic) bond motifs is 10. The van der Waals surface area contributed by atoms with Gasteiger partial charge in [0.25, 0.3) is 0 Å². The lowest BCUT2D eigenvalue weighted by Gasteiger charge is -2.10. The molecule has 0 amide bonds. The summed E-state index contributed by atoms with van der Waals surface area (Å²) >= 11 is 3.66. The molecule has 0 fully saturated rings. The van der Waals surface area contributed by atoms with Crippen molar-refractivity contribution in [3.63, 3.8) is 0 Å². The number of hydrogen-bond acceptors (Lipinski definition) is 3. The first kappa shape index (κ1) is 23.5. The zero-order chi connectivity index (χ0) is 28.1. The lowest BCUT2D eigenvalue weighted by molar-refractivity contribution is 1.18. The van der Waals surface area contributed by atoms with Crippen molar-refractivity contribution in [3.8, 4) is 16.3 Å². The molecule has 200 valence electrons. The van der Waals surface area contributed by atoms with Gasteiger partial charge in [-0.05, 0) is 88.3 Å². The Morgan fingerprint density at radius 3 is 1.77 bits per heavy atom. The van der Waals surface area contributed by atoms with Gasteiger partial charge < -0.3 is 4.57 Å². The normalized spacial score (nSPS) is 12.2. The fraction of sp³-hybridized carbons (Fsp3) is 0. The van der Waals surface area contributed by atoms with E-state index in [0.717, 1.165) is 21.8 Å². The monoisotopic (exact) mass is 582 g/mol. The van der Waals surface area contributed by atoms with Crippen LogP contribution in [0, 0.1) is 0 Å². The van der Waals surface area contributed by atoms with Crippen molar-refractivity contribution < 1.29 is 0 Å². The molecule has 43 heavy (non-hydrogen) atoms. The number of hydrogen-bond donors (Lipinski definition) is 0. The molecule has 10 rings (SSSR count). The van der Waals surface area contributed by atoms with E-state index in [1.807, 2.05) is 11.3 Å². The molecular weight excluding hydrogens is 561 g/mol. The highest BCUT2D eigenvalue weighted by Crippen LogP contribution is 2.43. The maximum atomic E-state index is 5.10. The van der Waals surface area contributed by atoms with Crippen molar-refractivity contribution in [2.75, 3.05) is 0 Å². The summed E-state index contributed by atoms with van der Waals surface area (Å²) in [5.41, 5.74) is 5.82. The van der Waals surface area contributed by atoms with E-state index < -0.39 is 0 Å². The third-order valence-electron chi connectivity index (χ3n) is 8.77. The first-order valence-electron chi connectivity index (χ1n) is 14.5. The maximum absolute atomic E-state index is 5.10. The Morgan fingerprint density at radius 1 is 0.488 bits per heavy atom. The molecule has 4 heteroatoms. The van der Waals surface area contributed by atoms with Crippen molar-refractivity contribution in [3.05, 3.63) is 133 Å². The second-order valence-corrected chi connectivity index (χ2v) is 13.3. The molecule has 0 aliphatic carbocycles. The van der Waals surface area contributed by atoms with Crippen LogP contribution in [0.3, 0.4) is 0 Å². The maximum Gasteiger partial charge on any atom is 0.124 e. The molecule has 0 bridgehead atoms. The van der Waals surface area contributed by atoms with Crippen molar-refractivity contribution in [2.24, 2.45) is 0 Å². The SMILES string of the molecule is c1ccc2cc3c(cc2c1)c1cc2ccccc2cc1n3-c1ccc(-c2nc3ccc4sc5ccccc5c4c3s2)cc1. The fourth-order valence-electron chi connectivity index (χ4n) is 6.74. The molecule has 0 spiro atoms. The molecular formula is C39H22N2S2. The Morgan fingerprint density at radius 2 is 1.09 bits per heavy atom. The Kier molecular flexibility index (Phi) is 4.78. The second-order valence-electron chi connectivity index (χ2n) is 11.2. The van der Waals surface area contributed by atoms with Gasteiger partial charge in [0.15, 0.2) is 0 Å². The van der Waals surface area contributed by atoms with E-state index in [0.29, 0.717) is 0 Å². The summed E-state index contributed by atoms with van der Waals surface area (Å²) in [6.45, 7) is 0. The van der Waals surface area contributed by atoms with E-state index in [1.165, 1.54) is 68.2 Å². The largest absolute Gasteiger partial charge is 0.309 e. The van der Waals surface area contributed by atoms with Crippen LogP contribution < -0.4 is 0 Å². The molecule has 3 aromatic heterocycles. The highest BCUT2D eigenvalue weighted by Gasteiger charge is 2.16. The number of benzene rings is 7. The van der Waals surface area contributed by atoms with Gasteiger partial charge in [-0.1, -0.05) is 66.7 Å². The quantitative estimate of drug-likeness (QED) is 0.198. The van der Waals surface area contributed by atoms with Crippen molar-refractivity contribution in [1.29, 1.82) is 0 Å². The van der Waals surface area contributed by atoms with Crippen molar-refractivity contribution in [1.82, 2.24) is 9.55 Å². The molecule has 7 aromatic carbocycles. The first-order chi connectivity index (χ1) is 21.3. The number of thiazole rings is 1.